The lowest BCUT2D eigenvalue weighted by Crippen LogP contribution is -2.42. The zero-order valence-corrected chi connectivity index (χ0v) is 8.66. The maximum atomic E-state index is 5.87. The predicted octanol–water partition coefficient (Wildman–Crippen LogP) is 0.487. The van der Waals surface area contributed by atoms with Crippen LogP contribution in [0.3, 0.4) is 0 Å². The molecule has 0 spiro atoms. The second kappa shape index (κ2) is 3.37. The highest BCUT2D eigenvalue weighted by Gasteiger charge is 2.60. The van der Waals surface area contributed by atoms with Crippen LogP contribution >= 0.6 is 0 Å². The Morgan fingerprint density at radius 3 is 2.86 bits per heavy atom. The van der Waals surface area contributed by atoms with E-state index in [1.54, 1.807) is 14.2 Å². The van der Waals surface area contributed by atoms with Crippen molar-refractivity contribution in [2.45, 2.75) is 24.1 Å². The van der Waals surface area contributed by atoms with Gasteiger partial charge in [0.1, 0.15) is 13.4 Å². The molecule has 1 heterocycles. The Balaban J connectivity index is 2.27. The maximum Gasteiger partial charge on any atom is 0.121 e. The molecule has 1 saturated carbocycles. The molecule has 1 saturated heterocycles. The summed E-state index contributed by atoms with van der Waals surface area (Å²) in [5.41, 5.74) is 0.720. The first-order valence-electron chi connectivity index (χ1n) is 4.77. The zero-order valence-electron chi connectivity index (χ0n) is 8.66. The van der Waals surface area contributed by atoms with Gasteiger partial charge in [0, 0.05) is 32.6 Å². The van der Waals surface area contributed by atoms with E-state index in [0.717, 1.165) is 12.0 Å². The Hall–Kier alpha value is -0.315. The third-order valence-electron chi connectivity index (χ3n) is 3.21. The van der Waals surface area contributed by atoms with Gasteiger partial charge in [-0.1, -0.05) is 12.2 Å². The second-order valence-electron chi connectivity index (χ2n) is 4.10. The molecule has 2 fully saturated rings. The van der Waals surface area contributed by atoms with Gasteiger partial charge in [0.05, 0.1) is 12.7 Å². The van der Waals surface area contributed by atoms with Crippen LogP contribution in [0.1, 0.15) is 6.42 Å². The summed E-state index contributed by atoms with van der Waals surface area (Å²) in [6, 6.07) is -0.295. The van der Waals surface area contributed by atoms with Crippen molar-refractivity contribution in [3.8, 4) is 0 Å². The number of fused-ring (bicyclic) bond motifs is 2. The van der Waals surface area contributed by atoms with Crippen molar-refractivity contribution < 1.29 is 14.2 Å². The average Bonchev–Trinajstić information content (AvgIpc) is 2.51. The molecular weight excluding hydrogens is 179 g/mol. The van der Waals surface area contributed by atoms with E-state index in [4.69, 9.17) is 22.1 Å². The molecule has 3 nitrogen and oxygen atoms in total. The van der Waals surface area contributed by atoms with Crippen LogP contribution in [-0.4, -0.2) is 46.4 Å². The molecule has 2 bridgehead atoms. The van der Waals surface area contributed by atoms with Crippen LogP contribution in [0.4, 0.5) is 0 Å². The predicted molar refractivity (Wildman–Crippen MR) is 53.3 cm³/mol. The third-order valence-corrected chi connectivity index (χ3v) is 3.21. The van der Waals surface area contributed by atoms with Gasteiger partial charge < -0.3 is 14.2 Å². The quantitative estimate of drug-likeness (QED) is 0.483. The van der Waals surface area contributed by atoms with E-state index >= 15 is 0 Å². The summed E-state index contributed by atoms with van der Waals surface area (Å²) >= 11 is 0. The molecule has 1 unspecified atom stereocenters. The standard InChI is InChI=1S/C10H15BO3/c1-6-4-10(5-12-2)8(13-3)7(6)9(11)14-10/h7-9H,1,4-5H2,2-3H3/t7?,8-,9+,10-/m0/s1. The second-order valence-corrected chi connectivity index (χ2v) is 4.10. The highest BCUT2D eigenvalue weighted by atomic mass is 16.6. The molecule has 1 aliphatic carbocycles. The highest BCUT2D eigenvalue weighted by Crippen LogP contribution is 2.51. The van der Waals surface area contributed by atoms with E-state index in [0.29, 0.717) is 6.61 Å². The number of hydrogen-bond acceptors (Lipinski definition) is 3. The molecule has 2 rings (SSSR count). The SMILES string of the molecule is [B][C@@H]1O[C@]2(COC)CC(=C)C1[C@@H]2OC. The molecule has 4 heteroatoms. The van der Waals surface area contributed by atoms with Crippen molar-refractivity contribution in [3.05, 3.63) is 12.2 Å². The van der Waals surface area contributed by atoms with Gasteiger partial charge >= 0.3 is 0 Å². The maximum absolute atomic E-state index is 5.87. The highest BCUT2D eigenvalue weighted by molar-refractivity contribution is 6.11. The first kappa shape index (κ1) is 10.2. The van der Waals surface area contributed by atoms with Gasteiger partial charge in [0.25, 0.3) is 0 Å². The largest absolute Gasteiger partial charge is 0.382 e. The Morgan fingerprint density at radius 1 is 1.64 bits per heavy atom. The Morgan fingerprint density at radius 2 is 2.36 bits per heavy atom. The fraction of sp³-hybridized carbons (Fsp3) is 0.800. The Labute approximate surface area is 85.8 Å². The van der Waals surface area contributed by atoms with Crippen LogP contribution in [0.2, 0.25) is 0 Å². The van der Waals surface area contributed by atoms with Crippen LogP contribution < -0.4 is 0 Å². The van der Waals surface area contributed by atoms with Gasteiger partial charge in [0.15, 0.2) is 0 Å². The van der Waals surface area contributed by atoms with Crippen molar-refractivity contribution in [1.29, 1.82) is 0 Å². The van der Waals surface area contributed by atoms with E-state index in [2.05, 4.69) is 6.58 Å². The fourth-order valence-electron chi connectivity index (χ4n) is 2.77. The first-order chi connectivity index (χ1) is 6.64. The summed E-state index contributed by atoms with van der Waals surface area (Å²) in [5, 5.41) is 0. The van der Waals surface area contributed by atoms with E-state index in [1.807, 2.05) is 0 Å². The van der Waals surface area contributed by atoms with E-state index in [1.165, 1.54) is 0 Å². The van der Waals surface area contributed by atoms with Gasteiger partial charge in [-0.05, 0) is 0 Å². The summed E-state index contributed by atoms with van der Waals surface area (Å²) in [7, 11) is 9.21. The average molecular weight is 194 g/mol. The topological polar surface area (TPSA) is 27.7 Å². The molecule has 0 aromatic carbocycles. The number of ether oxygens (including phenoxy) is 3. The molecule has 0 aromatic heterocycles. The van der Waals surface area contributed by atoms with Crippen LogP contribution in [0.15, 0.2) is 12.2 Å². The summed E-state index contributed by atoms with van der Waals surface area (Å²) in [6.45, 7) is 4.53. The molecule has 0 N–H and O–H groups in total. The van der Waals surface area contributed by atoms with E-state index in [9.17, 15) is 0 Å². The number of rotatable bonds is 3. The molecule has 0 aromatic rings. The number of methoxy groups -OCH3 is 2. The number of hydrogen-bond donors (Lipinski definition) is 0. The minimum Gasteiger partial charge on any atom is -0.382 e. The lowest BCUT2D eigenvalue weighted by Gasteiger charge is -2.31. The van der Waals surface area contributed by atoms with Crippen molar-refractivity contribution in [1.82, 2.24) is 0 Å². The zero-order chi connectivity index (χ0) is 10.3. The van der Waals surface area contributed by atoms with Gasteiger partial charge in [0.2, 0.25) is 0 Å². The van der Waals surface area contributed by atoms with Crippen molar-refractivity contribution in [2.75, 3.05) is 20.8 Å². The smallest absolute Gasteiger partial charge is 0.121 e. The van der Waals surface area contributed by atoms with Gasteiger partial charge in [-0.3, -0.25) is 0 Å². The summed E-state index contributed by atoms with van der Waals surface area (Å²) in [4.78, 5) is 0. The van der Waals surface area contributed by atoms with E-state index < -0.39 is 5.60 Å². The monoisotopic (exact) mass is 194 g/mol. The van der Waals surface area contributed by atoms with Gasteiger partial charge in [-0.25, -0.2) is 0 Å². The summed E-state index contributed by atoms with van der Waals surface area (Å²) < 4.78 is 16.4. The fourth-order valence-corrected chi connectivity index (χ4v) is 2.77. The minimum atomic E-state index is -0.398. The lowest BCUT2D eigenvalue weighted by molar-refractivity contribution is -0.110. The van der Waals surface area contributed by atoms with Crippen LogP contribution in [0.25, 0.3) is 0 Å². The van der Waals surface area contributed by atoms with Gasteiger partial charge in [-0.2, -0.15) is 0 Å². The molecule has 14 heavy (non-hydrogen) atoms. The Kier molecular flexibility index (Phi) is 2.45. The molecular formula is C10H15BO3. The minimum absolute atomic E-state index is 0.00931. The molecule has 2 radical (unpaired) electrons. The van der Waals surface area contributed by atoms with Crippen LogP contribution in [0, 0.1) is 5.92 Å². The lowest BCUT2D eigenvalue weighted by atomic mass is 9.83. The molecule has 4 atom stereocenters. The Bertz CT molecular complexity index is 256. The van der Waals surface area contributed by atoms with Crippen molar-refractivity contribution in [3.63, 3.8) is 0 Å². The molecule has 2 aliphatic rings. The van der Waals surface area contributed by atoms with Crippen LogP contribution in [-0.2, 0) is 14.2 Å². The van der Waals surface area contributed by atoms with Crippen LogP contribution in [0.5, 0.6) is 0 Å². The molecule has 1 aliphatic heterocycles. The molecule has 76 valence electrons. The summed E-state index contributed by atoms with van der Waals surface area (Å²) in [5.74, 6) is 0.121. The third kappa shape index (κ3) is 1.18. The van der Waals surface area contributed by atoms with Crippen molar-refractivity contribution >= 4 is 7.85 Å². The van der Waals surface area contributed by atoms with E-state index in [-0.39, 0.29) is 18.0 Å². The summed E-state index contributed by atoms with van der Waals surface area (Å²) in [6.07, 6.45) is 0.780. The molecule has 0 amide bonds. The van der Waals surface area contributed by atoms with Gasteiger partial charge in [-0.15, -0.1) is 0 Å². The first-order valence-corrected chi connectivity index (χ1v) is 4.77. The normalized spacial score (nSPS) is 46.1. The van der Waals surface area contributed by atoms with Crippen molar-refractivity contribution in [2.24, 2.45) is 5.92 Å².